The number of nitrogens with zero attached hydrogens (tertiary/aromatic N) is 2. The smallest absolute Gasteiger partial charge is 0.0217 e. The van der Waals surface area contributed by atoms with E-state index in [0.717, 1.165) is 25.6 Å². The van der Waals surface area contributed by atoms with Gasteiger partial charge in [0.15, 0.2) is 0 Å². The second-order valence-corrected chi connectivity index (χ2v) is 5.90. The van der Waals surface area contributed by atoms with Crippen molar-refractivity contribution in [3.8, 4) is 0 Å². The van der Waals surface area contributed by atoms with E-state index in [1.165, 1.54) is 25.9 Å². The van der Waals surface area contributed by atoms with E-state index in [9.17, 15) is 0 Å². The number of nitrogens with one attached hydrogen (secondary N) is 1. The van der Waals surface area contributed by atoms with Crippen LogP contribution in [0.25, 0.3) is 0 Å². The average Bonchev–Trinajstić information content (AvgIpc) is 2.30. The van der Waals surface area contributed by atoms with Crippen LogP contribution >= 0.6 is 0 Å². The molecule has 1 N–H and O–H groups in total. The van der Waals surface area contributed by atoms with Crippen molar-refractivity contribution in [2.45, 2.75) is 46.6 Å². The Morgan fingerprint density at radius 3 is 2.11 bits per heavy atom. The molecule has 0 fully saturated rings. The molecular formula is C15H35N3. The number of hydrogen-bond acceptors (Lipinski definition) is 3. The van der Waals surface area contributed by atoms with Gasteiger partial charge < -0.3 is 10.2 Å². The number of rotatable bonds is 11. The minimum atomic E-state index is 0.691. The van der Waals surface area contributed by atoms with Gasteiger partial charge in [0.25, 0.3) is 0 Å². The topological polar surface area (TPSA) is 18.5 Å². The highest BCUT2D eigenvalue weighted by Gasteiger charge is 2.14. The van der Waals surface area contributed by atoms with Crippen molar-refractivity contribution < 1.29 is 0 Å². The Bertz CT molecular complexity index is 161. The molecule has 3 nitrogen and oxygen atoms in total. The molecule has 18 heavy (non-hydrogen) atoms. The van der Waals surface area contributed by atoms with Crippen molar-refractivity contribution in [3.63, 3.8) is 0 Å². The van der Waals surface area contributed by atoms with Gasteiger partial charge in [0.2, 0.25) is 0 Å². The van der Waals surface area contributed by atoms with E-state index < -0.39 is 0 Å². The molecule has 110 valence electrons. The molecule has 0 amide bonds. The van der Waals surface area contributed by atoms with Crippen LogP contribution in [-0.2, 0) is 0 Å². The molecule has 0 heterocycles. The van der Waals surface area contributed by atoms with Gasteiger partial charge in [-0.2, -0.15) is 0 Å². The van der Waals surface area contributed by atoms with Crippen LogP contribution in [0.4, 0.5) is 0 Å². The van der Waals surface area contributed by atoms with Gasteiger partial charge in [0.1, 0.15) is 0 Å². The van der Waals surface area contributed by atoms with Crippen LogP contribution in [0.1, 0.15) is 40.5 Å². The van der Waals surface area contributed by atoms with Gasteiger partial charge in [0.05, 0.1) is 0 Å². The second kappa shape index (κ2) is 10.8. The molecule has 0 radical (unpaired) electrons. The van der Waals surface area contributed by atoms with Gasteiger partial charge in [-0.05, 0) is 59.0 Å². The number of likely N-dealkylation sites (N-methyl/N-ethyl adjacent to an activating group) is 1. The minimum Gasteiger partial charge on any atom is -0.315 e. The molecular weight excluding hydrogens is 222 g/mol. The van der Waals surface area contributed by atoms with Crippen LogP contribution in [0.15, 0.2) is 0 Å². The van der Waals surface area contributed by atoms with Crippen molar-refractivity contribution in [1.82, 2.24) is 15.1 Å². The Balaban J connectivity index is 3.97. The molecule has 0 aromatic rings. The zero-order valence-electron chi connectivity index (χ0n) is 13.5. The van der Waals surface area contributed by atoms with E-state index in [1.807, 2.05) is 0 Å². The Labute approximate surface area is 115 Å². The van der Waals surface area contributed by atoms with Crippen molar-refractivity contribution in [1.29, 1.82) is 0 Å². The fourth-order valence-electron chi connectivity index (χ4n) is 2.26. The first-order chi connectivity index (χ1) is 8.51. The molecule has 0 aliphatic heterocycles. The third-order valence-electron chi connectivity index (χ3n) is 3.38. The van der Waals surface area contributed by atoms with Gasteiger partial charge >= 0.3 is 0 Å². The lowest BCUT2D eigenvalue weighted by Gasteiger charge is -2.31. The summed E-state index contributed by atoms with van der Waals surface area (Å²) in [6.45, 7) is 14.9. The predicted octanol–water partition coefficient (Wildman–Crippen LogP) is 2.28. The molecule has 0 saturated heterocycles. The molecule has 0 bridgehead atoms. The van der Waals surface area contributed by atoms with E-state index in [1.54, 1.807) is 0 Å². The standard InChI is InChI=1S/C15H35N3/c1-7-15(13-16-12-14(3)4)18(8-2)11-9-10-17(5)6/h14-16H,7-13H2,1-6H3. The largest absolute Gasteiger partial charge is 0.315 e. The Hall–Kier alpha value is -0.120. The summed E-state index contributed by atoms with van der Waals surface area (Å²) in [5.74, 6) is 0.742. The van der Waals surface area contributed by atoms with Gasteiger partial charge in [0, 0.05) is 12.6 Å². The lowest BCUT2D eigenvalue weighted by molar-refractivity contribution is 0.186. The highest BCUT2D eigenvalue weighted by atomic mass is 15.2. The minimum absolute atomic E-state index is 0.691. The van der Waals surface area contributed by atoms with Crippen molar-refractivity contribution in [2.75, 3.05) is 46.8 Å². The number of hydrogen-bond donors (Lipinski definition) is 1. The maximum Gasteiger partial charge on any atom is 0.0217 e. The van der Waals surface area contributed by atoms with E-state index in [0.29, 0.717) is 6.04 Å². The van der Waals surface area contributed by atoms with Crippen LogP contribution in [-0.4, -0.2) is 62.7 Å². The Morgan fingerprint density at radius 1 is 1.00 bits per heavy atom. The zero-order valence-corrected chi connectivity index (χ0v) is 13.5. The highest BCUT2D eigenvalue weighted by molar-refractivity contribution is 4.72. The van der Waals surface area contributed by atoms with Crippen molar-refractivity contribution >= 4 is 0 Å². The quantitative estimate of drug-likeness (QED) is 0.613. The maximum absolute atomic E-state index is 3.60. The summed E-state index contributed by atoms with van der Waals surface area (Å²) in [5.41, 5.74) is 0. The summed E-state index contributed by atoms with van der Waals surface area (Å²) in [5, 5.41) is 3.60. The molecule has 0 aromatic heterocycles. The first-order valence-electron chi connectivity index (χ1n) is 7.60. The van der Waals surface area contributed by atoms with Crippen molar-refractivity contribution in [3.05, 3.63) is 0 Å². The molecule has 1 atom stereocenters. The van der Waals surface area contributed by atoms with E-state index >= 15 is 0 Å². The molecule has 0 rings (SSSR count). The summed E-state index contributed by atoms with van der Waals surface area (Å²) >= 11 is 0. The van der Waals surface area contributed by atoms with Gasteiger partial charge in [-0.25, -0.2) is 0 Å². The lowest BCUT2D eigenvalue weighted by atomic mass is 10.1. The monoisotopic (exact) mass is 257 g/mol. The lowest BCUT2D eigenvalue weighted by Crippen LogP contribution is -2.43. The summed E-state index contributed by atoms with van der Waals surface area (Å²) in [4.78, 5) is 4.89. The molecule has 0 aromatic carbocycles. The van der Waals surface area contributed by atoms with E-state index in [2.05, 4.69) is 56.9 Å². The SMILES string of the molecule is CCC(CNCC(C)C)N(CC)CCCN(C)C. The maximum atomic E-state index is 3.60. The highest BCUT2D eigenvalue weighted by Crippen LogP contribution is 2.05. The average molecular weight is 257 g/mol. The van der Waals surface area contributed by atoms with Crippen LogP contribution in [0, 0.1) is 5.92 Å². The molecule has 1 unspecified atom stereocenters. The molecule has 0 aliphatic rings. The third-order valence-corrected chi connectivity index (χ3v) is 3.38. The fraction of sp³-hybridized carbons (Fsp3) is 1.00. The predicted molar refractivity (Wildman–Crippen MR) is 82.2 cm³/mol. The molecule has 0 aliphatic carbocycles. The van der Waals surface area contributed by atoms with Crippen LogP contribution in [0.3, 0.4) is 0 Å². The molecule has 0 saturated carbocycles. The third kappa shape index (κ3) is 8.90. The molecule has 3 heteroatoms. The van der Waals surface area contributed by atoms with Gasteiger partial charge in [-0.1, -0.05) is 27.7 Å². The Morgan fingerprint density at radius 2 is 1.67 bits per heavy atom. The van der Waals surface area contributed by atoms with Crippen molar-refractivity contribution in [2.24, 2.45) is 5.92 Å². The second-order valence-electron chi connectivity index (χ2n) is 5.90. The zero-order chi connectivity index (χ0) is 14.0. The summed E-state index contributed by atoms with van der Waals surface area (Å²) in [7, 11) is 4.30. The first-order valence-corrected chi connectivity index (χ1v) is 7.60. The molecule has 0 spiro atoms. The Kier molecular flexibility index (Phi) is 10.7. The summed E-state index contributed by atoms with van der Waals surface area (Å²) < 4.78 is 0. The first kappa shape index (κ1) is 17.9. The van der Waals surface area contributed by atoms with Gasteiger partial charge in [-0.3, -0.25) is 4.90 Å². The van der Waals surface area contributed by atoms with E-state index in [-0.39, 0.29) is 0 Å². The van der Waals surface area contributed by atoms with Gasteiger partial charge in [-0.15, -0.1) is 0 Å². The summed E-state index contributed by atoms with van der Waals surface area (Å²) in [6, 6.07) is 0.691. The summed E-state index contributed by atoms with van der Waals surface area (Å²) in [6.07, 6.45) is 2.50. The fourth-order valence-corrected chi connectivity index (χ4v) is 2.26. The van der Waals surface area contributed by atoms with Crippen LogP contribution in [0.5, 0.6) is 0 Å². The van der Waals surface area contributed by atoms with Crippen LogP contribution in [0.2, 0.25) is 0 Å². The van der Waals surface area contributed by atoms with Crippen LogP contribution < -0.4 is 5.32 Å². The van der Waals surface area contributed by atoms with E-state index in [4.69, 9.17) is 0 Å². The normalized spacial score (nSPS) is 13.8.